The molecule has 0 bridgehead atoms. The molecule has 3 aromatic rings. The van der Waals surface area contributed by atoms with Crippen molar-refractivity contribution in [3.8, 4) is 5.75 Å². The zero-order valence-corrected chi connectivity index (χ0v) is 20.5. The van der Waals surface area contributed by atoms with Crippen molar-refractivity contribution < 1.29 is 23.5 Å². The van der Waals surface area contributed by atoms with Gasteiger partial charge in [-0.3, -0.25) is 9.59 Å². The van der Waals surface area contributed by atoms with Crippen LogP contribution in [0.4, 0.5) is 0 Å². The van der Waals surface area contributed by atoms with Gasteiger partial charge in [0.15, 0.2) is 5.43 Å². The number of fused-ring (bicyclic) bond motifs is 2. The van der Waals surface area contributed by atoms with Gasteiger partial charge in [-0.2, -0.15) is 0 Å². The molecular formula is C27H30N2O6. The van der Waals surface area contributed by atoms with E-state index in [0.717, 1.165) is 31.6 Å². The summed E-state index contributed by atoms with van der Waals surface area (Å²) in [6.45, 7) is 7.36. The fourth-order valence-electron chi connectivity index (χ4n) is 4.63. The van der Waals surface area contributed by atoms with Crippen molar-refractivity contribution in [1.82, 2.24) is 9.80 Å². The molecule has 0 aliphatic carbocycles. The minimum absolute atomic E-state index is 0.0561. The number of carbonyl (C=O) groups excluding carboxylic acids is 2. The summed E-state index contributed by atoms with van der Waals surface area (Å²) in [6.07, 6.45) is 0.750. The van der Waals surface area contributed by atoms with E-state index in [9.17, 15) is 14.4 Å². The van der Waals surface area contributed by atoms with Gasteiger partial charge in [0.05, 0.1) is 36.8 Å². The second-order valence-corrected chi connectivity index (χ2v) is 8.43. The van der Waals surface area contributed by atoms with E-state index in [1.54, 1.807) is 47.4 Å². The summed E-state index contributed by atoms with van der Waals surface area (Å²) in [7, 11) is 2.86. The third-order valence-corrected chi connectivity index (χ3v) is 6.59. The van der Waals surface area contributed by atoms with Crippen molar-refractivity contribution in [3.63, 3.8) is 0 Å². The largest absolute Gasteiger partial charge is 0.497 e. The van der Waals surface area contributed by atoms with Gasteiger partial charge in [0.2, 0.25) is 5.76 Å². The smallest absolute Gasteiger partial charge is 0.337 e. The second-order valence-electron chi connectivity index (χ2n) is 8.43. The van der Waals surface area contributed by atoms with Crippen molar-refractivity contribution in [1.29, 1.82) is 0 Å². The fraction of sp³-hybridized carbons (Fsp3) is 0.370. The Hall–Kier alpha value is -3.65. The van der Waals surface area contributed by atoms with Crippen LogP contribution in [-0.2, 0) is 4.74 Å². The lowest BCUT2D eigenvalue weighted by Crippen LogP contribution is -2.33. The number of rotatable bonds is 9. The van der Waals surface area contributed by atoms with Crippen LogP contribution in [0.5, 0.6) is 5.75 Å². The maximum absolute atomic E-state index is 13.6. The molecule has 1 aliphatic heterocycles. The van der Waals surface area contributed by atoms with Crippen molar-refractivity contribution >= 4 is 22.8 Å². The van der Waals surface area contributed by atoms with Crippen LogP contribution in [0, 0.1) is 0 Å². The number of hydrogen-bond acceptors (Lipinski definition) is 7. The molecule has 0 radical (unpaired) electrons. The first kappa shape index (κ1) is 24.5. The van der Waals surface area contributed by atoms with E-state index >= 15 is 0 Å². The van der Waals surface area contributed by atoms with E-state index in [2.05, 4.69) is 18.7 Å². The average molecular weight is 479 g/mol. The highest BCUT2D eigenvalue weighted by Crippen LogP contribution is 2.38. The SMILES string of the molecule is CCN(CC)CCCN1C(=O)c2oc3cc(OC)ccc3c(=O)c2C1c1ccc(C(=O)OC)cc1. The van der Waals surface area contributed by atoms with Crippen LogP contribution in [-0.4, -0.2) is 62.1 Å². The van der Waals surface area contributed by atoms with Crippen molar-refractivity contribution in [2.45, 2.75) is 26.3 Å². The maximum Gasteiger partial charge on any atom is 0.337 e. The van der Waals surface area contributed by atoms with Crippen molar-refractivity contribution in [3.05, 3.63) is 75.1 Å². The Labute approximate surface area is 204 Å². The van der Waals surface area contributed by atoms with E-state index in [-0.39, 0.29) is 17.1 Å². The molecule has 0 fully saturated rings. The molecule has 0 spiro atoms. The van der Waals surface area contributed by atoms with Crippen LogP contribution in [0.2, 0.25) is 0 Å². The van der Waals surface area contributed by atoms with E-state index in [4.69, 9.17) is 13.9 Å². The number of amides is 1. The van der Waals surface area contributed by atoms with E-state index in [1.807, 2.05) is 0 Å². The molecule has 0 N–H and O–H groups in total. The van der Waals surface area contributed by atoms with Crippen LogP contribution in [0.25, 0.3) is 11.0 Å². The standard InChI is InChI=1S/C27H30N2O6/c1-5-28(6-2)14-7-15-29-23(17-8-10-18(11-9-17)27(32)34-4)22-24(30)20-13-12-19(33-3)16-21(20)35-25(22)26(29)31/h8-13,16,23H,5-7,14-15H2,1-4H3. The topological polar surface area (TPSA) is 89.3 Å². The average Bonchev–Trinajstić information content (AvgIpc) is 3.17. The van der Waals surface area contributed by atoms with Crippen molar-refractivity contribution in [2.24, 2.45) is 0 Å². The summed E-state index contributed by atoms with van der Waals surface area (Å²) in [5, 5.41) is 0.388. The number of nitrogens with zero attached hydrogens (tertiary/aromatic N) is 2. The van der Waals surface area contributed by atoms with E-state index < -0.39 is 12.0 Å². The van der Waals surface area contributed by atoms with Crippen LogP contribution < -0.4 is 10.2 Å². The third kappa shape index (κ3) is 4.53. The van der Waals surface area contributed by atoms with Gasteiger partial charge in [-0.15, -0.1) is 0 Å². The predicted molar refractivity (Wildman–Crippen MR) is 132 cm³/mol. The molecule has 2 heterocycles. The highest BCUT2D eigenvalue weighted by molar-refractivity contribution is 5.99. The van der Waals surface area contributed by atoms with Gasteiger partial charge in [-0.1, -0.05) is 26.0 Å². The predicted octanol–water partition coefficient (Wildman–Crippen LogP) is 3.87. The highest BCUT2D eigenvalue weighted by Gasteiger charge is 2.42. The molecule has 1 atom stereocenters. The molecule has 1 aromatic heterocycles. The zero-order valence-electron chi connectivity index (χ0n) is 20.5. The second kappa shape index (κ2) is 10.3. The van der Waals surface area contributed by atoms with Gasteiger partial charge in [0, 0.05) is 12.6 Å². The van der Waals surface area contributed by atoms with Crippen molar-refractivity contribution in [2.75, 3.05) is 40.4 Å². The number of ether oxygens (including phenoxy) is 2. The first-order chi connectivity index (χ1) is 16.9. The molecule has 0 saturated heterocycles. The van der Waals surface area contributed by atoms with Gasteiger partial charge >= 0.3 is 5.97 Å². The number of hydrogen-bond donors (Lipinski definition) is 0. The number of methoxy groups -OCH3 is 2. The lowest BCUT2D eigenvalue weighted by Gasteiger charge is -2.26. The Balaban J connectivity index is 1.79. The summed E-state index contributed by atoms with van der Waals surface area (Å²) in [5.41, 5.74) is 1.51. The molecule has 1 unspecified atom stereocenters. The van der Waals surface area contributed by atoms with Crippen LogP contribution >= 0.6 is 0 Å². The minimum atomic E-state index is -0.608. The number of carbonyl (C=O) groups is 2. The minimum Gasteiger partial charge on any atom is -0.497 e. The van der Waals surface area contributed by atoms with E-state index in [1.165, 1.54) is 14.2 Å². The number of esters is 1. The summed E-state index contributed by atoms with van der Waals surface area (Å²) in [6, 6.07) is 11.2. The molecule has 8 nitrogen and oxygen atoms in total. The normalized spacial score (nSPS) is 15.1. The van der Waals surface area contributed by atoms with Gasteiger partial charge in [-0.25, -0.2) is 4.79 Å². The van der Waals surface area contributed by atoms with Crippen LogP contribution in [0.1, 0.15) is 58.3 Å². The fourth-order valence-corrected chi connectivity index (χ4v) is 4.63. The monoisotopic (exact) mass is 478 g/mol. The Morgan fingerprint density at radius 2 is 1.77 bits per heavy atom. The van der Waals surface area contributed by atoms with Crippen LogP contribution in [0.15, 0.2) is 51.7 Å². The first-order valence-electron chi connectivity index (χ1n) is 11.8. The zero-order chi connectivity index (χ0) is 25.1. The Morgan fingerprint density at radius 1 is 1.06 bits per heavy atom. The van der Waals surface area contributed by atoms with Gasteiger partial charge < -0.3 is 23.7 Å². The molecule has 0 saturated carbocycles. The summed E-state index contributed by atoms with van der Waals surface area (Å²) < 4.78 is 16.1. The molecule has 35 heavy (non-hydrogen) atoms. The molecule has 1 aliphatic rings. The first-order valence-corrected chi connectivity index (χ1v) is 11.8. The van der Waals surface area contributed by atoms with Gasteiger partial charge in [0.1, 0.15) is 11.3 Å². The van der Waals surface area contributed by atoms with Gasteiger partial charge in [0.25, 0.3) is 5.91 Å². The Kier molecular flexibility index (Phi) is 7.21. The summed E-state index contributed by atoms with van der Waals surface area (Å²) >= 11 is 0. The maximum atomic E-state index is 13.6. The Morgan fingerprint density at radius 3 is 2.40 bits per heavy atom. The van der Waals surface area contributed by atoms with Gasteiger partial charge in [-0.05, 0) is 55.9 Å². The number of benzene rings is 2. The van der Waals surface area contributed by atoms with Crippen LogP contribution in [0.3, 0.4) is 0 Å². The molecular weight excluding hydrogens is 448 g/mol. The molecule has 1 amide bonds. The third-order valence-electron chi connectivity index (χ3n) is 6.59. The Bertz CT molecular complexity index is 1290. The lowest BCUT2D eigenvalue weighted by molar-refractivity contribution is 0.0599. The quantitative estimate of drug-likeness (QED) is 0.432. The molecule has 184 valence electrons. The molecule has 2 aromatic carbocycles. The summed E-state index contributed by atoms with van der Waals surface area (Å²) in [5.74, 6) is -0.170. The lowest BCUT2D eigenvalue weighted by atomic mass is 9.97. The van der Waals surface area contributed by atoms with E-state index in [0.29, 0.717) is 34.4 Å². The summed E-state index contributed by atoms with van der Waals surface area (Å²) in [4.78, 5) is 43.1. The molecule has 4 rings (SSSR count). The highest BCUT2D eigenvalue weighted by atomic mass is 16.5. The molecule has 8 heteroatoms.